The van der Waals surface area contributed by atoms with Crippen LogP contribution < -0.4 is 0 Å². The average molecular weight is 694 g/mol. The van der Waals surface area contributed by atoms with Crippen LogP contribution in [-0.4, -0.2) is 0 Å². The summed E-state index contributed by atoms with van der Waals surface area (Å²) >= 11 is 0. The molecule has 0 aliphatic heterocycles. The molecule has 2 aromatic heterocycles. The van der Waals surface area contributed by atoms with Gasteiger partial charge in [-0.05, 0) is 64.8 Å². The average Bonchev–Trinajstić information content (AvgIpc) is 2.63. The molecule has 0 saturated heterocycles. The second-order valence-electron chi connectivity index (χ2n) is 16.8. The summed E-state index contributed by atoms with van der Waals surface area (Å²) in [4.78, 5) is 0. The van der Waals surface area contributed by atoms with Crippen molar-refractivity contribution in [3.63, 3.8) is 0 Å². The van der Waals surface area contributed by atoms with Crippen LogP contribution in [0.5, 0.6) is 0 Å². The summed E-state index contributed by atoms with van der Waals surface area (Å²) in [7, 11) is 2.82. The van der Waals surface area contributed by atoms with Gasteiger partial charge in [0.25, 0.3) is 0 Å². The van der Waals surface area contributed by atoms with Crippen molar-refractivity contribution in [2.75, 3.05) is 0 Å². The quantitative estimate of drug-likeness (QED) is 0.241. The third-order valence-electron chi connectivity index (χ3n) is 6.46. The van der Waals surface area contributed by atoms with Gasteiger partial charge in [0.2, 0.25) is 0 Å². The first-order valence-electron chi connectivity index (χ1n) is 13.7. The van der Waals surface area contributed by atoms with Crippen LogP contribution in [0.25, 0.3) is 0 Å². The first kappa shape index (κ1) is 37.6. The van der Waals surface area contributed by atoms with E-state index in [1.807, 2.05) is 0 Å². The molecule has 2 aromatic rings. The van der Waals surface area contributed by atoms with Gasteiger partial charge >= 0.3 is 0 Å². The monoisotopic (exact) mass is 693 g/mol. The largest absolute Gasteiger partial charge is 0.0682 e. The molecule has 0 spiro atoms. The maximum atomic E-state index is 2.43. The predicted octanol–water partition coefficient (Wildman–Crippen LogP) is 12.3. The molecule has 2 rings (SSSR count). The van der Waals surface area contributed by atoms with E-state index >= 15 is 0 Å². The van der Waals surface area contributed by atoms with E-state index in [0.29, 0.717) is 0 Å². The zero-order valence-electron chi connectivity index (χ0n) is 27.5. The fourth-order valence-electron chi connectivity index (χ4n) is 3.46. The van der Waals surface area contributed by atoms with Gasteiger partial charge in [0.15, 0.2) is 0 Å². The summed E-state index contributed by atoms with van der Waals surface area (Å²) < 4.78 is 0. The normalized spacial score (nSPS) is 13.5. The molecule has 2 heterocycles. The van der Waals surface area contributed by atoms with E-state index in [1.54, 1.807) is 21.2 Å². The summed E-state index contributed by atoms with van der Waals surface area (Å²) in [6.07, 6.45) is 0. The molecule has 0 unspecified atom stereocenters. The first-order valence-corrected chi connectivity index (χ1v) is 15.5. The van der Waals surface area contributed by atoms with Crippen molar-refractivity contribution in [3.8, 4) is 0 Å². The molecule has 0 atom stereocenters. The van der Waals surface area contributed by atoms with Crippen molar-refractivity contribution in [2.24, 2.45) is 0 Å². The van der Waals surface area contributed by atoms with Gasteiger partial charge in [0.05, 0.1) is 0 Å². The Morgan fingerprint density at radius 1 is 0.324 bits per heavy atom. The minimum atomic E-state index is 0. The van der Waals surface area contributed by atoms with E-state index in [9.17, 15) is 0 Å². The Morgan fingerprint density at radius 3 is 0.595 bits per heavy atom. The molecule has 0 fully saturated rings. The maximum Gasteiger partial charge on any atom is 0 e. The Balaban J connectivity index is 0.000000682. The van der Waals surface area contributed by atoms with Crippen LogP contribution in [0.15, 0.2) is 24.3 Å². The summed E-state index contributed by atoms with van der Waals surface area (Å²) in [6, 6.07) is 9.71. The Kier molecular flexibility index (Phi) is 12.8. The molecule has 0 N–H and O–H groups in total. The Bertz CT molecular complexity index is 779. The topological polar surface area (TPSA) is 0 Å². The molecule has 0 bridgehead atoms. The molecule has 0 amide bonds. The number of hydrogen-bond acceptors (Lipinski definition) is 0. The molecule has 0 aliphatic rings. The predicted molar refractivity (Wildman–Crippen MR) is 170 cm³/mol. The van der Waals surface area contributed by atoms with E-state index in [1.165, 1.54) is 27.5 Å². The summed E-state index contributed by atoms with van der Waals surface area (Å²) in [5, 5.41) is 6.17. The Morgan fingerprint density at radius 2 is 0.486 bits per heavy atom. The molecule has 37 heavy (non-hydrogen) atoms. The minimum Gasteiger partial charge on any atom is -0.0682 e. The van der Waals surface area contributed by atoms with Gasteiger partial charge in [-0.1, -0.05) is 165 Å². The molecule has 0 nitrogen and oxygen atoms in total. The van der Waals surface area contributed by atoms with Gasteiger partial charge in [-0.15, -0.1) is 0 Å². The molecular weight excluding hydrogens is 635 g/mol. The summed E-state index contributed by atoms with van der Waals surface area (Å²) in [5.74, 6) is 0. The van der Waals surface area contributed by atoms with Crippen molar-refractivity contribution in [1.82, 2.24) is 0 Å². The van der Waals surface area contributed by atoms with Gasteiger partial charge in [-0.25, -0.2) is 0 Å². The van der Waals surface area contributed by atoms with Crippen LogP contribution >= 0.6 is 16.4 Å². The summed E-state index contributed by atoms with van der Waals surface area (Å²) in [5.41, 5.74) is 4.40. The van der Waals surface area contributed by atoms with Crippen LogP contribution in [0, 0.1) is 37.7 Å². The van der Waals surface area contributed by atoms with Gasteiger partial charge < -0.3 is 0 Å². The molecule has 0 saturated carbocycles. The van der Waals surface area contributed by atoms with E-state index in [2.05, 4.69) is 149 Å². The van der Waals surface area contributed by atoms with Crippen molar-refractivity contribution in [1.29, 1.82) is 0 Å². The van der Waals surface area contributed by atoms with Crippen LogP contribution in [0.2, 0.25) is 0 Å². The second kappa shape index (κ2) is 12.6. The zero-order valence-corrected chi connectivity index (χ0v) is 31.2. The minimum absolute atomic E-state index is 0. The van der Waals surface area contributed by atoms with Gasteiger partial charge in [-0.3, -0.25) is 0 Å². The van der Waals surface area contributed by atoms with Crippen LogP contribution in [0.1, 0.15) is 157 Å². The van der Waals surface area contributed by atoms with Crippen LogP contribution in [0.3, 0.4) is 0 Å². The summed E-state index contributed by atoms with van der Waals surface area (Å²) in [6.45, 7) is 41.6. The number of hydrogen-bond donors (Lipinski definition) is 0. The van der Waals surface area contributed by atoms with Crippen molar-refractivity contribution in [3.05, 3.63) is 56.6 Å². The maximum absolute atomic E-state index is 2.43. The van der Waals surface area contributed by atoms with Gasteiger partial charge in [0, 0.05) is 37.7 Å². The fourth-order valence-corrected chi connectivity index (χ4v) is 6.14. The number of rotatable bonds is 0. The van der Waals surface area contributed by atoms with Crippen molar-refractivity contribution < 1.29 is 37.7 Å². The Hall–Kier alpha value is 0.560. The fraction of sp³-hybridized carbons (Fsp3) is 0.706. The third kappa shape index (κ3) is 11.9. The van der Waals surface area contributed by atoms with Gasteiger partial charge in [0.1, 0.15) is 0 Å². The van der Waals surface area contributed by atoms with E-state index in [4.69, 9.17) is 0 Å². The zero-order chi connectivity index (χ0) is 28.7. The smallest absolute Gasteiger partial charge is 0 e. The third-order valence-corrected chi connectivity index (χ3v) is 10.6. The van der Waals surface area contributed by atoms with Crippen molar-refractivity contribution in [2.45, 2.75) is 157 Å². The second-order valence-corrected chi connectivity index (χ2v) is 19.1. The molecule has 3 heteroatoms. The molecule has 215 valence electrons. The first-order chi connectivity index (χ1) is 15.6. The van der Waals surface area contributed by atoms with E-state index in [-0.39, 0.29) is 70.2 Å². The van der Waals surface area contributed by atoms with E-state index < -0.39 is 0 Å². The van der Waals surface area contributed by atoms with Gasteiger partial charge in [-0.2, -0.15) is 0 Å². The SMILES string of the molecule is CC(C)(C)c1cc(C(C)(C)C)pc(C(C)(C)C)c1.CC(C)(C)c1cc(C(C)(C)C)pc(C(C)(C)C)c1.[Ho]. The molecule has 1 radical (unpaired) electrons. The van der Waals surface area contributed by atoms with E-state index in [0.717, 1.165) is 0 Å². The molecule has 0 aromatic carbocycles. The van der Waals surface area contributed by atoms with Crippen molar-refractivity contribution >= 4 is 16.4 Å². The van der Waals surface area contributed by atoms with Crippen LogP contribution in [-0.2, 0) is 32.5 Å². The van der Waals surface area contributed by atoms with Crippen LogP contribution in [0.4, 0.5) is 0 Å². The standard InChI is InChI=1S/2C17H29P.Ho/c2*1-15(2,3)12-10-13(16(4,5)6)18-14(11-12)17(7,8)9;/h2*10-11H,1-9H3;. The molecule has 0 aliphatic carbocycles. The Labute approximate surface area is 265 Å². The molecular formula is C34H58HoP2.